The normalized spacial score (nSPS) is 10.3. The van der Waals surface area contributed by atoms with Gasteiger partial charge in [-0.15, -0.1) is 0 Å². The minimum absolute atomic E-state index is 0. The third-order valence-corrected chi connectivity index (χ3v) is 3.00. The zero-order valence-electron chi connectivity index (χ0n) is 12.3. The number of rotatable bonds is 5. The minimum atomic E-state index is -4.38. The van der Waals surface area contributed by atoms with Crippen molar-refractivity contribution in [3.8, 4) is 5.75 Å². The molecule has 0 spiro atoms. The van der Waals surface area contributed by atoms with Gasteiger partial charge in [0.05, 0.1) is 24.1 Å². The van der Waals surface area contributed by atoms with Crippen LogP contribution in [0.4, 0.5) is 5.69 Å². The van der Waals surface area contributed by atoms with Crippen molar-refractivity contribution in [2.75, 3.05) is 12.4 Å². The fourth-order valence-electron chi connectivity index (χ4n) is 1.37. The molecule has 1 rings (SSSR count). The predicted octanol–water partition coefficient (Wildman–Crippen LogP) is -2.02. The molecular weight excluding hydrogens is 297 g/mol. The van der Waals surface area contributed by atoms with Gasteiger partial charge in [0.1, 0.15) is 11.5 Å². The van der Waals surface area contributed by atoms with Crippen molar-refractivity contribution >= 4 is 27.5 Å². The maximum Gasteiger partial charge on any atom is 1.00 e. The van der Waals surface area contributed by atoms with Crippen molar-refractivity contribution in [3.05, 3.63) is 18.2 Å². The predicted molar refractivity (Wildman–Crippen MR) is 67.8 cm³/mol. The Morgan fingerprint density at radius 2 is 2.00 bits per heavy atom. The Bertz CT molecular complexity index is 619. The van der Waals surface area contributed by atoms with Crippen LogP contribution in [0.25, 0.3) is 0 Å². The van der Waals surface area contributed by atoms with E-state index in [1.807, 2.05) is 0 Å². The molecule has 0 fully saturated rings. The van der Waals surface area contributed by atoms with Crippen LogP contribution in [0.2, 0.25) is 0 Å². The van der Waals surface area contributed by atoms with E-state index in [1.54, 1.807) is 0 Å². The van der Waals surface area contributed by atoms with Crippen LogP contribution in [0.3, 0.4) is 0 Å². The van der Waals surface area contributed by atoms with Crippen LogP contribution in [-0.4, -0.2) is 31.8 Å². The van der Waals surface area contributed by atoms with E-state index in [1.165, 1.54) is 20.1 Å². The summed E-state index contributed by atoms with van der Waals surface area (Å²) in [6.07, 6.45) is -0.334. The molecule has 0 saturated heterocycles. The molecule has 0 aliphatic heterocycles. The van der Waals surface area contributed by atoms with E-state index in [2.05, 4.69) is 5.32 Å². The van der Waals surface area contributed by atoms with Crippen LogP contribution in [0.5, 0.6) is 5.75 Å². The van der Waals surface area contributed by atoms with Crippen LogP contribution >= 0.6 is 0 Å². The monoisotopic (exact) mass is 311 g/mol. The molecule has 0 aromatic heterocycles. The number of carbonyl (C=O) groups is 2. The molecule has 0 heterocycles. The first-order valence-electron chi connectivity index (χ1n) is 5.19. The van der Waals surface area contributed by atoms with Gasteiger partial charge in [0.25, 0.3) is 10.1 Å². The fraction of sp³-hybridized carbons (Fsp3) is 0.273. The zero-order chi connectivity index (χ0) is 14.6. The summed E-state index contributed by atoms with van der Waals surface area (Å²) < 4.78 is 35.9. The first-order chi connectivity index (χ1) is 8.74. The van der Waals surface area contributed by atoms with Gasteiger partial charge in [-0.05, 0) is 25.1 Å². The van der Waals surface area contributed by atoms with Crippen molar-refractivity contribution in [2.24, 2.45) is 0 Å². The van der Waals surface area contributed by atoms with Gasteiger partial charge in [-0.1, -0.05) is 0 Å². The topological polar surface area (TPSA) is 110 Å². The minimum Gasteiger partial charge on any atom is -1.00 e. The Labute approximate surface area is 140 Å². The van der Waals surface area contributed by atoms with E-state index >= 15 is 0 Å². The van der Waals surface area contributed by atoms with E-state index in [0.717, 1.165) is 12.1 Å². The summed E-state index contributed by atoms with van der Waals surface area (Å²) in [5.41, 5.74) is 0.0591. The van der Waals surface area contributed by atoms with E-state index < -0.39 is 16.0 Å². The number of Topliss-reactive ketones (excluding diaryl/α,β-unsaturated/α-hetero) is 1. The average molecular weight is 311 g/mol. The Morgan fingerprint density at radius 3 is 2.45 bits per heavy atom. The quantitative estimate of drug-likeness (QED) is 0.369. The number of hydrogen-bond acceptors (Lipinski definition) is 5. The van der Waals surface area contributed by atoms with E-state index in [0.29, 0.717) is 0 Å². The van der Waals surface area contributed by atoms with Crippen LogP contribution in [0.15, 0.2) is 23.1 Å². The Hall–Kier alpha value is -0.930. The van der Waals surface area contributed by atoms with Crippen molar-refractivity contribution in [2.45, 2.75) is 18.2 Å². The first kappa shape index (κ1) is 19.1. The molecule has 0 aliphatic rings. The van der Waals surface area contributed by atoms with Crippen molar-refractivity contribution < 1.29 is 58.3 Å². The van der Waals surface area contributed by atoms with E-state index in [-0.39, 0.29) is 59.5 Å². The van der Waals surface area contributed by atoms with Gasteiger partial charge in [0, 0.05) is 0 Å². The third kappa shape index (κ3) is 5.59. The Kier molecular flexibility index (Phi) is 7.39. The molecule has 0 saturated carbocycles. The van der Waals surface area contributed by atoms with Crippen LogP contribution < -0.4 is 39.6 Å². The molecule has 0 aliphatic carbocycles. The standard InChI is InChI=1S/C11H13NO6S.Na.H/c1-7(13)5-11(14)12-9-6-8(19(15,16)17)3-4-10(9)18-2;;/h3-4,6H,5H2,1-2H3,(H,12,14)(H,15,16,17);;/q;+1;-1. The summed E-state index contributed by atoms with van der Waals surface area (Å²) in [6, 6.07) is 3.47. The van der Waals surface area contributed by atoms with Gasteiger partial charge in [0.2, 0.25) is 5.91 Å². The van der Waals surface area contributed by atoms with Gasteiger partial charge in [-0.2, -0.15) is 8.42 Å². The summed E-state index contributed by atoms with van der Waals surface area (Å²) in [6.45, 7) is 1.26. The number of nitrogens with one attached hydrogen (secondary N) is 1. The van der Waals surface area contributed by atoms with Crippen LogP contribution in [0.1, 0.15) is 14.8 Å². The number of anilines is 1. The molecule has 7 nitrogen and oxygen atoms in total. The van der Waals surface area contributed by atoms with Gasteiger partial charge >= 0.3 is 29.6 Å². The van der Waals surface area contributed by atoms with E-state index in [9.17, 15) is 18.0 Å². The molecule has 0 atom stereocenters. The molecule has 106 valence electrons. The van der Waals surface area contributed by atoms with Gasteiger partial charge in [0.15, 0.2) is 0 Å². The molecule has 0 radical (unpaired) electrons. The smallest absolute Gasteiger partial charge is 1.00 e. The number of methoxy groups -OCH3 is 1. The number of benzene rings is 1. The molecule has 2 N–H and O–H groups in total. The second kappa shape index (κ2) is 7.75. The molecule has 9 heteroatoms. The maximum absolute atomic E-state index is 11.5. The molecule has 0 unspecified atom stereocenters. The molecule has 1 aromatic rings. The van der Waals surface area contributed by atoms with Gasteiger partial charge in [-0.25, -0.2) is 0 Å². The zero-order valence-corrected chi connectivity index (χ0v) is 14.2. The third-order valence-electron chi connectivity index (χ3n) is 2.15. The second-order valence-electron chi connectivity index (χ2n) is 3.76. The van der Waals surface area contributed by atoms with Crippen LogP contribution in [-0.2, 0) is 19.7 Å². The number of hydrogen-bond donors (Lipinski definition) is 2. The summed E-state index contributed by atoms with van der Waals surface area (Å²) in [5.74, 6) is -0.718. The van der Waals surface area contributed by atoms with Gasteiger partial charge < -0.3 is 11.5 Å². The van der Waals surface area contributed by atoms with Crippen molar-refractivity contribution in [1.82, 2.24) is 0 Å². The SMILES string of the molecule is COc1ccc(S(=O)(=O)O)cc1NC(=O)CC(C)=O.[H-].[Na+]. The van der Waals surface area contributed by atoms with E-state index in [4.69, 9.17) is 9.29 Å². The molecule has 1 aromatic carbocycles. The number of carbonyl (C=O) groups excluding carboxylic acids is 2. The summed E-state index contributed by atoms with van der Waals surface area (Å²) in [5, 5.41) is 2.34. The number of ketones is 1. The van der Waals surface area contributed by atoms with Crippen molar-refractivity contribution in [3.63, 3.8) is 0 Å². The molecule has 0 bridgehead atoms. The summed E-state index contributed by atoms with van der Waals surface area (Å²) >= 11 is 0. The Morgan fingerprint density at radius 1 is 1.40 bits per heavy atom. The number of ether oxygens (including phenoxy) is 1. The van der Waals surface area contributed by atoms with Crippen molar-refractivity contribution in [1.29, 1.82) is 0 Å². The van der Waals surface area contributed by atoms with Crippen LogP contribution in [0, 0.1) is 0 Å². The van der Waals surface area contributed by atoms with Gasteiger partial charge in [-0.3, -0.25) is 14.1 Å². The molecular formula is C11H14NNaO6S. The largest absolute Gasteiger partial charge is 1.00 e. The second-order valence-corrected chi connectivity index (χ2v) is 5.19. The molecule has 1 amide bonds. The first-order valence-corrected chi connectivity index (χ1v) is 6.63. The molecule has 20 heavy (non-hydrogen) atoms. The summed E-state index contributed by atoms with van der Waals surface area (Å²) in [4.78, 5) is 21.9. The summed E-state index contributed by atoms with van der Waals surface area (Å²) in [7, 11) is -3.05. The average Bonchev–Trinajstić information content (AvgIpc) is 2.26. The maximum atomic E-state index is 11.5. The number of amides is 1. The Balaban J connectivity index is 0. The fourth-order valence-corrected chi connectivity index (χ4v) is 1.87.